The zero-order valence-electron chi connectivity index (χ0n) is 13.2. The third-order valence-corrected chi connectivity index (χ3v) is 3.60. The number of rotatable bonds is 4. The van der Waals surface area contributed by atoms with Crippen LogP contribution in [-0.2, 0) is 11.3 Å². The van der Waals surface area contributed by atoms with Crippen molar-refractivity contribution in [3.05, 3.63) is 58.9 Å². The van der Waals surface area contributed by atoms with Gasteiger partial charge in [-0.05, 0) is 44.4 Å². The molecule has 1 amide bonds. The lowest BCUT2D eigenvalue weighted by Gasteiger charge is -2.12. The van der Waals surface area contributed by atoms with Crippen molar-refractivity contribution in [1.29, 1.82) is 0 Å². The van der Waals surface area contributed by atoms with E-state index >= 15 is 0 Å². The third-order valence-electron chi connectivity index (χ3n) is 3.60. The van der Waals surface area contributed by atoms with Gasteiger partial charge in [0, 0.05) is 17.8 Å². The lowest BCUT2D eigenvalue weighted by molar-refractivity contribution is -0.695. The van der Waals surface area contributed by atoms with E-state index in [9.17, 15) is 4.79 Å². The van der Waals surface area contributed by atoms with Crippen molar-refractivity contribution in [3.63, 3.8) is 0 Å². The van der Waals surface area contributed by atoms with Gasteiger partial charge in [0.05, 0.1) is 6.42 Å². The summed E-state index contributed by atoms with van der Waals surface area (Å²) in [6.45, 7) is 8.88. The van der Waals surface area contributed by atoms with Gasteiger partial charge in [-0.15, -0.1) is 0 Å². The molecule has 2 aromatic rings. The molecule has 0 bridgehead atoms. The Morgan fingerprint density at radius 3 is 2.14 bits per heavy atom. The Balaban J connectivity index is 1.97. The molecule has 3 heteroatoms. The minimum absolute atomic E-state index is 0.0538. The van der Waals surface area contributed by atoms with E-state index in [1.807, 2.05) is 42.9 Å². The summed E-state index contributed by atoms with van der Waals surface area (Å²) in [6.07, 6.45) is 4.48. The summed E-state index contributed by atoms with van der Waals surface area (Å²) in [5, 5.41) is 3.04. The molecule has 21 heavy (non-hydrogen) atoms. The number of benzene rings is 1. The summed E-state index contributed by atoms with van der Waals surface area (Å²) >= 11 is 0. The lowest BCUT2D eigenvalue weighted by Crippen LogP contribution is -2.34. The number of hydrogen-bond donors (Lipinski definition) is 1. The Labute approximate surface area is 126 Å². The Kier molecular flexibility index (Phi) is 4.73. The van der Waals surface area contributed by atoms with Crippen LogP contribution in [0.3, 0.4) is 0 Å². The predicted octanol–water partition coefficient (Wildman–Crippen LogP) is 3.24. The maximum atomic E-state index is 12.1. The zero-order valence-corrected chi connectivity index (χ0v) is 13.2. The number of hydrogen-bond acceptors (Lipinski definition) is 1. The highest BCUT2D eigenvalue weighted by Crippen LogP contribution is 2.21. The van der Waals surface area contributed by atoms with E-state index < -0.39 is 0 Å². The number of nitrogens with zero attached hydrogens (tertiary/aromatic N) is 1. The van der Waals surface area contributed by atoms with Crippen molar-refractivity contribution in [2.24, 2.45) is 0 Å². The van der Waals surface area contributed by atoms with Crippen LogP contribution in [0.4, 0.5) is 5.69 Å². The summed E-state index contributed by atoms with van der Waals surface area (Å²) < 4.78 is 2.03. The van der Waals surface area contributed by atoms with Crippen LogP contribution in [0.25, 0.3) is 0 Å². The fraction of sp³-hybridized carbons (Fsp3) is 0.333. The molecule has 0 aliphatic carbocycles. The topological polar surface area (TPSA) is 33.0 Å². The average Bonchev–Trinajstić information content (AvgIpc) is 2.42. The summed E-state index contributed by atoms with van der Waals surface area (Å²) in [7, 11) is 0. The maximum absolute atomic E-state index is 12.1. The van der Waals surface area contributed by atoms with Gasteiger partial charge in [-0.3, -0.25) is 4.79 Å². The number of aromatic nitrogens is 1. The van der Waals surface area contributed by atoms with Gasteiger partial charge in [-0.1, -0.05) is 17.7 Å². The summed E-state index contributed by atoms with van der Waals surface area (Å²) in [6, 6.07) is 8.28. The molecule has 0 aliphatic heterocycles. The Hall–Kier alpha value is -2.16. The van der Waals surface area contributed by atoms with Crippen LogP contribution in [0.1, 0.15) is 28.7 Å². The van der Waals surface area contributed by atoms with Gasteiger partial charge in [-0.25, -0.2) is 4.57 Å². The Morgan fingerprint density at radius 1 is 1.00 bits per heavy atom. The quantitative estimate of drug-likeness (QED) is 0.859. The number of carbonyl (C=O) groups is 1. The van der Waals surface area contributed by atoms with Crippen molar-refractivity contribution in [3.8, 4) is 0 Å². The van der Waals surface area contributed by atoms with Gasteiger partial charge in [0.2, 0.25) is 5.91 Å². The van der Waals surface area contributed by atoms with Crippen molar-refractivity contribution in [2.45, 2.75) is 40.7 Å². The van der Waals surface area contributed by atoms with E-state index in [4.69, 9.17) is 0 Å². The molecule has 1 N–H and O–H groups in total. The lowest BCUT2D eigenvalue weighted by atomic mass is 10.1. The maximum Gasteiger partial charge on any atom is 0.230 e. The van der Waals surface area contributed by atoms with Gasteiger partial charge in [-0.2, -0.15) is 0 Å². The smallest absolute Gasteiger partial charge is 0.230 e. The van der Waals surface area contributed by atoms with E-state index in [1.54, 1.807) is 0 Å². The molecule has 0 unspecified atom stereocenters. The number of pyridine rings is 1. The van der Waals surface area contributed by atoms with Gasteiger partial charge in [0.25, 0.3) is 0 Å². The SMILES string of the molecule is Cc1cc[n+](CCC(=O)Nc2c(C)cc(C)cc2C)cc1. The van der Waals surface area contributed by atoms with Crippen LogP contribution in [-0.4, -0.2) is 5.91 Å². The van der Waals surface area contributed by atoms with Gasteiger partial charge in [0.1, 0.15) is 0 Å². The largest absolute Gasteiger partial charge is 0.325 e. The number of aryl methyl sites for hydroxylation is 5. The van der Waals surface area contributed by atoms with Crippen molar-refractivity contribution in [2.75, 3.05) is 5.32 Å². The highest BCUT2D eigenvalue weighted by atomic mass is 16.1. The van der Waals surface area contributed by atoms with E-state index in [-0.39, 0.29) is 5.91 Å². The molecule has 1 aromatic carbocycles. The molecule has 0 radical (unpaired) electrons. The Morgan fingerprint density at radius 2 is 1.57 bits per heavy atom. The number of anilines is 1. The second kappa shape index (κ2) is 6.53. The molecule has 0 saturated heterocycles. The third kappa shape index (κ3) is 4.15. The monoisotopic (exact) mass is 283 g/mol. The first-order valence-electron chi connectivity index (χ1n) is 7.29. The van der Waals surface area contributed by atoms with Crippen LogP contribution in [0.5, 0.6) is 0 Å². The summed E-state index contributed by atoms with van der Waals surface area (Å²) in [5.41, 5.74) is 5.62. The zero-order chi connectivity index (χ0) is 15.4. The normalized spacial score (nSPS) is 10.5. The summed E-state index contributed by atoms with van der Waals surface area (Å²) in [4.78, 5) is 12.1. The molecule has 0 spiro atoms. The highest BCUT2D eigenvalue weighted by molar-refractivity contribution is 5.92. The Bertz CT molecular complexity index is 622. The summed E-state index contributed by atoms with van der Waals surface area (Å²) in [5.74, 6) is 0.0538. The van der Waals surface area contributed by atoms with Crippen LogP contribution < -0.4 is 9.88 Å². The van der Waals surface area contributed by atoms with Crippen molar-refractivity contribution in [1.82, 2.24) is 0 Å². The van der Waals surface area contributed by atoms with Gasteiger partial charge >= 0.3 is 0 Å². The van der Waals surface area contributed by atoms with E-state index in [0.29, 0.717) is 13.0 Å². The van der Waals surface area contributed by atoms with E-state index in [2.05, 4.69) is 31.3 Å². The fourth-order valence-electron chi connectivity index (χ4n) is 2.49. The molecule has 1 aromatic heterocycles. The van der Waals surface area contributed by atoms with Gasteiger partial charge < -0.3 is 5.32 Å². The van der Waals surface area contributed by atoms with E-state index in [0.717, 1.165) is 16.8 Å². The number of carbonyl (C=O) groups excluding carboxylic acids is 1. The highest BCUT2D eigenvalue weighted by Gasteiger charge is 2.10. The van der Waals surface area contributed by atoms with Crippen molar-refractivity contribution >= 4 is 11.6 Å². The molecule has 110 valence electrons. The standard InChI is InChI=1S/C18H22N2O/c1-13-5-8-20(9-6-13)10-7-17(21)19-18-15(3)11-14(2)12-16(18)4/h5-6,8-9,11-12H,7,10H2,1-4H3/p+1. The molecule has 0 fully saturated rings. The fourth-order valence-corrected chi connectivity index (χ4v) is 2.49. The second-order valence-electron chi connectivity index (χ2n) is 5.69. The molecule has 0 atom stereocenters. The molecule has 2 rings (SSSR count). The minimum atomic E-state index is 0.0538. The van der Waals surface area contributed by atoms with Crippen molar-refractivity contribution < 1.29 is 9.36 Å². The average molecular weight is 283 g/mol. The van der Waals surface area contributed by atoms with Crippen LogP contribution in [0.15, 0.2) is 36.7 Å². The molecular formula is C18H23N2O+. The number of nitrogens with one attached hydrogen (secondary N) is 1. The first-order chi connectivity index (χ1) is 9.95. The first kappa shape index (κ1) is 15.2. The molecule has 3 nitrogen and oxygen atoms in total. The number of amides is 1. The van der Waals surface area contributed by atoms with Crippen LogP contribution in [0.2, 0.25) is 0 Å². The molecule has 0 aliphatic rings. The first-order valence-corrected chi connectivity index (χ1v) is 7.29. The molecule has 0 saturated carbocycles. The van der Waals surface area contributed by atoms with Gasteiger partial charge in [0.15, 0.2) is 18.9 Å². The van der Waals surface area contributed by atoms with Crippen LogP contribution in [0, 0.1) is 27.7 Å². The second-order valence-corrected chi connectivity index (χ2v) is 5.69. The minimum Gasteiger partial charge on any atom is -0.325 e. The van der Waals surface area contributed by atoms with Crippen LogP contribution >= 0.6 is 0 Å². The van der Waals surface area contributed by atoms with E-state index in [1.165, 1.54) is 11.1 Å². The molecule has 1 heterocycles. The predicted molar refractivity (Wildman–Crippen MR) is 85.3 cm³/mol. The molecular weight excluding hydrogens is 260 g/mol.